The number of nitrogens with zero attached hydrogens (tertiary/aromatic N) is 2. The SMILES string of the molecule is Cc1nn(-c2ccc(F)cc2)c(Cl)c1/C=C/C(=O)NCc1ccoc1. The van der Waals surface area contributed by atoms with E-state index in [1.807, 2.05) is 0 Å². The molecular weight excluding hydrogens is 345 g/mol. The molecule has 0 aliphatic rings. The molecule has 5 nitrogen and oxygen atoms in total. The number of nitrogens with one attached hydrogen (secondary N) is 1. The Morgan fingerprint density at radius 1 is 1.36 bits per heavy atom. The van der Waals surface area contributed by atoms with Crippen LogP contribution in [0.4, 0.5) is 4.39 Å². The van der Waals surface area contributed by atoms with Gasteiger partial charge in [0.2, 0.25) is 5.91 Å². The molecule has 3 rings (SSSR count). The highest BCUT2D eigenvalue weighted by molar-refractivity contribution is 6.31. The molecule has 3 aromatic rings. The first-order chi connectivity index (χ1) is 12.0. The monoisotopic (exact) mass is 359 g/mol. The van der Waals surface area contributed by atoms with Gasteiger partial charge in [0.1, 0.15) is 11.0 Å². The van der Waals surface area contributed by atoms with Crippen LogP contribution < -0.4 is 5.32 Å². The van der Waals surface area contributed by atoms with E-state index < -0.39 is 0 Å². The summed E-state index contributed by atoms with van der Waals surface area (Å²) >= 11 is 6.36. The van der Waals surface area contributed by atoms with Crippen LogP contribution in [-0.2, 0) is 11.3 Å². The summed E-state index contributed by atoms with van der Waals surface area (Å²) in [5.41, 5.74) is 2.80. The lowest BCUT2D eigenvalue weighted by Gasteiger charge is -2.02. The first-order valence-corrected chi connectivity index (χ1v) is 7.90. The summed E-state index contributed by atoms with van der Waals surface area (Å²) in [5.74, 6) is -0.593. The number of carbonyl (C=O) groups is 1. The first kappa shape index (κ1) is 17.0. The van der Waals surface area contributed by atoms with E-state index in [9.17, 15) is 9.18 Å². The van der Waals surface area contributed by atoms with Gasteiger partial charge in [-0.15, -0.1) is 0 Å². The van der Waals surface area contributed by atoms with Crippen molar-refractivity contribution < 1.29 is 13.6 Å². The van der Waals surface area contributed by atoms with E-state index in [2.05, 4.69) is 10.4 Å². The Hall–Kier alpha value is -2.86. The van der Waals surface area contributed by atoms with Gasteiger partial charge in [-0.2, -0.15) is 5.10 Å². The molecule has 0 saturated carbocycles. The van der Waals surface area contributed by atoms with Gasteiger partial charge in [-0.3, -0.25) is 4.79 Å². The normalized spacial score (nSPS) is 11.2. The molecule has 0 saturated heterocycles. The summed E-state index contributed by atoms with van der Waals surface area (Å²) in [7, 11) is 0. The second-order valence-corrected chi connectivity index (χ2v) is 5.72. The van der Waals surface area contributed by atoms with E-state index in [1.54, 1.807) is 43.7 Å². The van der Waals surface area contributed by atoms with Crippen LogP contribution in [0, 0.1) is 12.7 Å². The zero-order valence-electron chi connectivity index (χ0n) is 13.4. The summed E-state index contributed by atoms with van der Waals surface area (Å²) in [5, 5.41) is 7.43. The van der Waals surface area contributed by atoms with Crippen molar-refractivity contribution in [2.75, 3.05) is 0 Å². The van der Waals surface area contributed by atoms with Gasteiger partial charge >= 0.3 is 0 Å². The number of rotatable bonds is 5. The van der Waals surface area contributed by atoms with Gasteiger partial charge in [0.05, 0.1) is 23.9 Å². The molecule has 7 heteroatoms. The number of hydrogen-bond acceptors (Lipinski definition) is 3. The number of furan rings is 1. The topological polar surface area (TPSA) is 60.1 Å². The number of benzene rings is 1. The number of halogens is 2. The lowest BCUT2D eigenvalue weighted by Crippen LogP contribution is -2.19. The summed E-state index contributed by atoms with van der Waals surface area (Å²) < 4.78 is 19.5. The van der Waals surface area contributed by atoms with E-state index in [0.29, 0.717) is 28.6 Å². The summed E-state index contributed by atoms with van der Waals surface area (Å²) in [6.45, 7) is 2.16. The molecule has 0 bridgehead atoms. The van der Waals surface area contributed by atoms with Crippen LogP contribution >= 0.6 is 11.6 Å². The Morgan fingerprint density at radius 2 is 2.12 bits per heavy atom. The predicted octanol–water partition coefficient (Wildman–Crippen LogP) is 3.90. The maximum Gasteiger partial charge on any atom is 0.244 e. The molecule has 0 fully saturated rings. The number of aryl methyl sites for hydroxylation is 1. The van der Waals surface area contributed by atoms with E-state index in [4.69, 9.17) is 16.0 Å². The highest BCUT2D eigenvalue weighted by Gasteiger charge is 2.13. The Labute approximate surface area is 148 Å². The van der Waals surface area contributed by atoms with Gasteiger partial charge in [0.15, 0.2) is 0 Å². The molecule has 2 heterocycles. The maximum absolute atomic E-state index is 13.0. The van der Waals surface area contributed by atoms with Crippen LogP contribution in [0.15, 0.2) is 53.4 Å². The molecule has 128 valence electrons. The number of carbonyl (C=O) groups excluding carboxylic acids is 1. The fourth-order valence-electron chi connectivity index (χ4n) is 2.25. The third-order valence-electron chi connectivity index (χ3n) is 3.57. The molecule has 0 aliphatic carbocycles. The smallest absolute Gasteiger partial charge is 0.244 e. The standard InChI is InChI=1S/C18H15ClFN3O2/c1-12-16(6-7-17(24)21-10-13-8-9-25-11-13)18(19)23(22-12)15-4-2-14(20)3-5-15/h2-9,11H,10H2,1H3,(H,21,24)/b7-6+. The van der Waals surface area contributed by atoms with Crippen LogP contribution in [0.2, 0.25) is 5.15 Å². The molecule has 2 aromatic heterocycles. The Bertz CT molecular complexity index is 899. The van der Waals surface area contributed by atoms with E-state index >= 15 is 0 Å². The Morgan fingerprint density at radius 3 is 2.80 bits per heavy atom. The molecule has 0 atom stereocenters. The summed E-state index contributed by atoms with van der Waals surface area (Å²) in [6, 6.07) is 7.61. The quantitative estimate of drug-likeness (QED) is 0.703. The van der Waals surface area contributed by atoms with Crippen molar-refractivity contribution in [1.82, 2.24) is 15.1 Å². The molecule has 1 amide bonds. The van der Waals surface area contributed by atoms with Crippen molar-refractivity contribution >= 4 is 23.6 Å². The summed E-state index contributed by atoms with van der Waals surface area (Å²) in [4.78, 5) is 11.9. The molecule has 0 unspecified atom stereocenters. The van der Waals surface area contributed by atoms with Gasteiger partial charge in [0, 0.05) is 23.7 Å². The van der Waals surface area contributed by atoms with Gasteiger partial charge in [-0.25, -0.2) is 9.07 Å². The second-order valence-electron chi connectivity index (χ2n) is 5.36. The minimum absolute atomic E-state index is 0.258. The molecule has 0 spiro atoms. The zero-order chi connectivity index (χ0) is 17.8. The predicted molar refractivity (Wildman–Crippen MR) is 92.9 cm³/mol. The van der Waals surface area contributed by atoms with E-state index in [0.717, 1.165) is 5.56 Å². The first-order valence-electron chi connectivity index (χ1n) is 7.52. The second kappa shape index (κ2) is 7.36. The number of hydrogen-bond donors (Lipinski definition) is 1. The molecule has 0 aliphatic heterocycles. The number of aromatic nitrogens is 2. The molecule has 1 aromatic carbocycles. The Balaban J connectivity index is 1.74. The highest BCUT2D eigenvalue weighted by atomic mass is 35.5. The van der Waals surface area contributed by atoms with Crippen molar-refractivity contribution in [3.05, 3.63) is 76.7 Å². The summed E-state index contributed by atoms with van der Waals surface area (Å²) in [6.07, 6.45) is 6.11. The maximum atomic E-state index is 13.0. The van der Waals surface area contributed by atoms with Crippen LogP contribution in [0.3, 0.4) is 0 Å². The highest BCUT2D eigenvalue weighted by Crippen LogP contribution is 2.24. The average molecular weight is 360 g/mol. The Kier molecular flexibility index (Phi) is 5.00. The lowest BCUT2D eigenvalue weighted by molar-refractivity contribution is -0.116. The average Bonchev–Trinajstić information content (AvgIpc) is 3.21. The lowest BCUT2D eigenvalue weighted by atomic mass is 10.2. The van der Waals surface area contributed by atoms with Gasteiger partial charge < -0.3 is 9.73 Å². The van der Waals surface area contributed by atoms with Gasteiger partial charge in [-0.05, 0) is 43.3 Å². The minimum atomic E-state index is -0.335. The van der Waals surface area contributed by atoms with Crippen molar-refractivity contribution in [2.24, 2.45) is 0 Å². The van der Waals surface area contributed by atoms with Crippen molar-refractivity contribution in [3.63, 3.8) is 0 Å². The van der Waals surface area contributed by atoms with Crippen molar-refractivity contribution in [1.29, 1.82) is 0 Å². The van der Waals surface area contributed by atoms with Gasteiger partial charge in [-0.1, -0.05) is 11.6 Å². The van der Waals surface area contributed by atoms with Crippen LogP contribution in [0.5, 0.6) is 0 Å². The van der Waals surface area contributed by atoms with Crippen LogP contribution in [0.25, 0.3) is 11.8 Å². The third-order valence-corrected chi connectivity index (χ3v) is 3.93. The fourth-order valence-corrected chi connectivity index (χ4v) is 2.59. The zero-order valence-corrected chi connectivity index (χ0v) is 14.1. The van der Waals surface area contributed by atoms with Gasteiger partial charge in [0.25, 0.3) is 0 Å². The van der Waals surface area contributed by atoms with E-state index in [-0.39, 0.29) is 11.7 Å². The van der Waals surface area contributed by atoms with Crippen molar-refractivity contribution in [3.8, 4) is 5.69 Å². The minimum Gasteiger partial charge on any atom is -0.472 e. The molecule has 0 radical (unpaired) electrons. The largest absolute Gasteiger partial charge is 0.472 e. The molecule has 25 heavy (non-hydrogen) atoms. The number of amides is 1. The van der Waals surface area contributed by atoms with Crippen molar-refractivity contribution in [2.45, 2.75) is 13.5 Å². The van der Waals surface area contributed by atoms with E-state index in [1.165, 1.54) is 22.9 Å². The van der Waals surface area contributed by atoms with Crippen LogP contribution in [0.1, 0.15) is 16.8 Å². The third kappa shape index (κ3) is 3.97. The molecule has 1 N–H and O–H groups in total. The van der Waals surface area contributed by atoms with Crippen LogP contribution in [-0.4, -0.2) is 15.7 Å². The fraction of sp³-hybridized carbons (Fsp3) is 0.111. The molecular formula is C18H15ClFN3O2.